The number of aryl methyl sites for hydroxylation is 2. The van der Waals surface area contributed by atoms with Crippen LogP contribution in [0.1, 0.15) is 32.0 Å². The van der Waals surface area contributed by atoms with Crippen LogP contribution < -0.4 is 10.6 Å². The highest BCUT2D eigenvalue weighted by Gasteiger charge is 2.13. The highest BCUT2D eigenvalue weighted by Crippen LogP contribution is 2.20. The number of methoxy groups -OCH3 is 1. The van der Waals surface area contributed by atoms with Crippen LogP contribution in [0.15, 0.2) is 54.6 Å². The Labute approximate surface area is 162 Å². The van der Waals surface area contributed by atoms with E-state index >= 15 is 0 Å². The van der Waals surface area contributed by atoms with Crippen molar-refractivity contribution in [1.29, 1.82) is 0 Å². The summed E-state index contributed by atoms with van der Waals surface area (Å²) in [6.07, 6.45) is 0. The molecular weight excluding hydrogens is 356 g/mol. The molecule has 0 saturated heterocycles. The van der Waals surface area contributed by atoms with Gasteiger partial charge in [-0.2, -0.15) is 0 Å². The van der Waals surface area contributed by atoms with Gasteiger partial charge in [-0.15, -0.1) is 10.2 Å². The van der Waals surface area contributed by atoms with Gasteiger partial charge in [0.25, 0.3) is 5.91 Å². The summed E-state index contributed by atoms with van der Waals surface area (Å²) in [6.45, 7) is 3.92. The van der Waals surface area contributed by atoms with Crippen LogP contribution >= 0.6 is 0 Å². The second-order valence-electron chi connectivity index (χ2n) is 6.24. The van der Waals surface area contributed by atoms with Gasteiger partial charge in [-0.05, 0) is 49.7 Å². The lowest BCUT2D eigenvalue weighted by Crippen LogP contribution is -2.15. The van der Waals surface area contributed by atoms with E-state index in [1.807, 2.05) is 32.0 Å². The first-order chi connectivity index (χ1) is 13.5. The molecule has 142 valence electrons. The molecule has 1 aromatic heterocycles. The Morgan fingerprint density at radius 1 is 0.929 bits per heavy atom. The predicted molar refractivity (Wildman–Crippen MR) is 107 cm³/mol. The average Bonchev–Trinajstić information content (AvgIpc) is 2.70. The molecule has 0 bridgehead atoms. The molecule has 0 radical (unpaired) electrons. The predicted octanol–water partition coefficient (Wildman–Crippen LogP) is 3.88. The zero-order valence-electron chi connectivity index (χ0n) is 15.8. The summed E-state index contributed by atoms with van der Waals surface area (Å²) in [5.41, 5.74) is 3.93. The van der Waals surface area contributed by atoms with Gasteiger partial charge < -0.3 is 15.4 Å². The van der Waals surface area contributed by atoms with E-state index in [0.29, 0.717) is 17.1 Å². The van der Waals surface area contributed by atoms with Crippen molar-refractivity contribution < 1.29 is 14.3 Å². The molecule has 1 amide bonds. The summed E-state index contributed by atoms with van der Waals surface area (Å²) in [5.74, 6) is -0.402. The van der Waals surface area contributed by atoms with Crippen LogP contribution in [0, 0.1) is 13.8 Å². The van der Waals surface area contributed by atoms with Crippen LogP contribution in [0.25, 0.3) is 0 Å². The number of anilines is 3. The molecule has 2 N–H and O–H groups in total. The zero-order chi connectivity index (χ0) is 20.1. The fraction of sp³-hybridized carbons (Fsp3) is 0.143. The van der Waals surface area contributed by atoms with E-state index < -0.39 is 5.97 Å². The molecule has 28 heavy (non-hydrogen) atoms. The molecule has 7 nitrogen and oxygen atoms in total. The van der Waals surface area contributed by atoms with Crippen molar-refractivity contribution in [2.24, 2.45) is 0 Å². The molecule has 0 aliphatic rings. The van der Waals surface area contributed by atoms with Gasteiger partial charge in [0.1, 0.15) is 0 Å². The van der Waals surface area contributed by atoms with Crippen molar-refractivity contribution in [2.75, 3.05) is 17.7 Å². The molecule has 3 rings (SSSR count). The summed E-state index contributed by atoms with van der Waals surface area (Å²) >= 11 is 0. The Morgan fingerprint density at radius 3 is 2.39 bits per heavy atom. The third-order valence-corrected chi connectivity index (χ3v) is 4.12. The number of benzene rings is 2. The molecule has 2 aromatic carbocycles. The molecule has 0 atom stereocenters. The second-order valence-corrected chi connectivity index (χ2v) is 6.24. The highest BCUT2D eigenvalue weighted by molar-refractivity contribution is 6.03. The fourth-order valence-electron chi connectivity index (χ4n) is 2.68. The number of para-hydroxylation sites is 1. The number of rotatable bonds is 5. The van der Waals surface area contributed by atoms with Gasteiger partial charge in [0.2, 0.25) is 0 Å². The number of nitrogens with zero attached hydrogens (tertiary/aromatic N) is 2. The van der Waals surface area contributed by atoms with Crippen LogP contribution in [-0.2, 0) is 4.74 Å². The lowest BCUT2D eigenvalue weighted by molar-refractivity contribution is 0.0601. The number of hydrogen-bond acceptors (Lipinski definition) is 6. The standard InChI is InChI=1S/C21H20N4O3/c1-13-8-9-16(14(2)12-13)23-20(26)18-10-11-19(25-24-18)22-17-7-5-4-6-15(17)21(27)28-3/h4-12H,1-3H3,(H,22,25)(H,23,26). The van der Waals surface area contributed by atoms with E-state index in [1.54, 1.807) is 36.4 Å². The van der Waals surface area contributed by atoms with Crippen LogP contribution in [0.5, 0.6) is 0 Å². The molecule has 0 fully saturated rings. The van der Waals surface area contributed by atoms with Gasteiger partial charge >= 0.3 is 5.97 Å². The summed E-state index contributed by atoms with van der Waals surface area (Å²) in [7, 11) is 1.32. The lowest BCUT2D eigenvalue weighted by Gasteiger charge is -2.10. The van der Waals surface area contributed by atoms with E-state index in [-0.39, 0.29) is 11.6 Å². The van der Waals surface area contributed by atoms with E-state index in [4.69, 9.17) is 4.74 Å². The van der Waals surface area contributed by atoms with Crippen LogP contribution in [0.2, 0.25) is 0 Å². The van der Waals surface area contributed by atoms with E-state index in [1.165, 1.54) is 7.11 Å². The van der Waals surface area contributed by atoms with Crippen molar-refractivity contribution in [2.45, 2.75) is 13.8 Å². The minimum atomic E-state index is -0.458. The van der Waals surface area contributed by atoms with Gasteiger partial charge in [0.05, 0.1) is 18.4 Å². The van der Waals surface area contributed by atoms with Gasteiger partial charge in [-0.3, -0.25) is 4.79 Å². The van der Waals surface area contributed by atoms with E-state index in [0.717, 1.165) is 16.8 Å². The first-order valence-corrected chi connectivity index (χ1v) is 8.64. The Kier molecular flexibility index (Phi) is 5.64. The van der Waals surface area contributed by atoms with Crippen molar-refractivity contribution in [3.63, 3.8) is 0 Å². The molecule has 7 heteroatoms. The largest absolute Gasteiger partial charge is 0.465 e. The number of ether oxygens (including phenoxy) is 1. The van der Waals surface area contributed by atoms with Gasteiger partial charge in [-0.25, -0.2) is 4.79 Å². The quantitative estimate of drug-likeness (QED) is 0.657. The first kappa shape index (κ1) is 19.0. The molecule has 0 saturated carbocycles. The average molecular weight is 376 g/mol. The normalized spacial score (nSPS) is 10.2. The second kappa shape index (κ2) is 8.30. The maximum absolute atomic E-state index is 12.4. The summed E-state index contributed by atoms with van der Waals surface area (Å²) < 4.78 is 4.77. The van der Waals surface area contributed by atoms with Crippen molar-refractivity contribution in [1.82, 2.24) is 10.2 Å². The molecule has 0 aliphatic carbocycles. The molecule has 0 unspecified atom stereocenters. The van der Waals surface area contributed by atoms with E-state index in [9.17, 15) is 9.59 Å². The Bertz CT molecular complexity index is 1020. The number of carbonyl (C=O) groups excluding carboxylic acids is 2. The van der Waals surface area contributed by atoms with E-state index in [2.05, 4.69) is 20.8 Å². The molecule has 0 aliphatic heterocycles. The zero-order valence-corrected chi connectivity index (χ0v) is 15.8. The summed E-state index contributed by atoms with van der Waals surface area (Å²) in [5, 5.41) is 13.8. The third kappa shape index (κ3) is 4.32. The first-order valence-electron chi connectivity index (χ1n) is 8.64. The van der Waals surface area contributed by atoms with Crippen molar-refractivity contribution >= 4 is 29.1 Å². The van der Waals surface area contributed by atoms with Gasteiger partial charge in [0, 0.05) is 5.69 Å². The smallest absolute Gasteiger partial charge is 0.339 e. The summed E-state index contributed by atoms with van der Waals surface area (Å²) in [4.78, 5) is 24.2. The number of nitrogens with one attached hydrogen (secondary N) is 2. The third-order valence-electron chi connectivity index (χ3n) is 4.12. The topological polar surface area (TPSA) is 93.2 Å². The SMILES string of the molecule is COC(=O)c1ccccc1Nc1ccc(C(=O)Nc2ccc(C)cc2C)nn1. The minimum absolute atomic E-state index is 0.187. The molecule has 0 spiro atoms. The van der Waals surface area contributed by atoms with Gasteiger partial charge in [0.15, 0.2) is 11.5 Å². The molecule has 1 heterocycles. The fourth-order valence-corrected chi connectivity index (χ4v) is 2.68. The summed E-state index contributed by atoms with van der Waals surface area (Å²) in [6, 6.07) is 15.9. The van der Waals surface area contributed by atoms with Crippen molar-refractivity contribution in [3.8, 4) is 0 Å². The minimum Gasteiger partial charge on any atom is -0.465 e. The Balaban J connectivity index is 1.73. The van der Waals surface area contributed by atoms with Crippen LogP contribution in [0.4, 0.5) is 17.2 Å². The maximum Gasteiger partial charge on any atom is 0.339 e. The van der Waals surface area contributed by atoms with Crippen molar-refractivity contribution in [3.05, 3.63) is 77.0 Å². The Hall–Kier alpha value is -3.74. The Morgan fingerprint density at radius 2 is 1.71 bits per heavy atom. The number of carbonyl (C=O) groups is 2. The number of esters is 1. The molecular formula is C21H20N4O3. The maximum atomic E-state index is 12.4. The number of aromatic nitrogens is 2. The van der Waals surface area contributed by atoms with Crippen LogP contribution in [-0.4, -0.2) is 29.2 Å². The molecule has 3 aromatic rings. The lowest BCUT2D eigenvalue weighted by atomic mass is 10.1. The number of amides is 1. The van der Waals surface area contributed by atoms with Crippen LogP contribution in [0.3, 0.4) is 0 Å². The highest BCUT2D eigenvalue weighted by atomic mass is 16.5. The monoisotopic (exact) mass is 376 g/mol. The number of hydrogen-bond donors (Lipinski definition) is 2. The van der Waals surface area contributed by atoms with Gasteiger partial charge in [-0.1, -0.05) is 29.8 Å².